The molecule has 6 N–H and O–H groups in total. The first-order valence-electron chi connectivity index (χ1n) is 11.6. The number of hydrogen-bond acceptors (Lipinski definition) is 7. The van der Waals surface area contributed by atoms with Gasteiger partial charge in [-0.2, -0.15) is 0 Å². The number of aliphatic hydroxyl groups is 1. The minimum Gasteiger partial charge on any atom is -0.411 e. The summed E-state index contributed by atoms with van der Waals surface area (Å²) in [6.07, 6.45) is 3.50. The van der Waals surface area contributed by atoms with Crippen LogP contribution in [0.2, 0.25) is 13.1 Å². The smallest absolute Gasteiger partial charge is 0.321 e. The van der Waals surface area contributed by atoms with Crippen LogP contribution in [0.3, 0.4) is 0 Å². The molecule has 4 amide bonds. The highest BCUT2D eigenvalue weighted by Crippen LogP contribution is 2.18. The summed E-state index contributed by atoms with van der Waals surface area (Å²) in [7, 11) is -0.938. The zero-order chi connectivity index (χ0) is 24.9. The molecule has 0 aromatic carbocycles. The third kappa shape index (κ3) is 10.6. The van der Waals surface area contributed by atoms with Crippen LogP contribution in [-0.2, 0) is 9.16 Å². The fourth-order valence-corrected chi connectivity index (χ4v) is 4.43. The fraction of sp³-hybridized carbons (Fsp3) is 0.714. The van der Waals surface area contributed by atoms with Crippen LogP contribution in [0.5, 0.6) is 0 Å². The number of H-pyrrole nitrogens is 1. The molecule has 1 aliphatic rings. The second-order valence-electron chi connectivity index (χ2n) is 8.48. The van der Waals surface area contributed by atoms with Crippen LogP contribution in [0.4, 0.5) is 15.5 Å². The van der Waals surface area contributed by atoms with Crippen LogP contribution in [-0.4, -0.2) is 80.7 Å². The van der Waals surface area contributed by atoms with Gasteiger partial charge in [0.05, 0.1) is 25.4 Å². The van der Waals surface area contributed by atoms with Crippen LogP contribution in [0, 0.1) is 6.92 Å². The van der Waals surface area contributed by atoms with Crippen molar-refractivity contribution >= 4 is 27.1 Å². The van der Waals surface area contributed by atoms with Gasteiger partial charge in [0.15, 0.2) is 0 Å². The lowest BCUT2D eigenvalue weighted by atomic mass is 10.0. The van der Waals surface area contributed by atoms with Gasteiger partial charge < -0.3 is 30.2 Å². The molecule has 0 spiro atoms. The number of rotatable bonds is 12. The molecule has 1 aliphatic heterocycles. The van der Waals surface area contributed by atoms with Gasteiger partial charge in [-0.3, -0.25) is 15.1 Å². The van der Waals surface area contributed by atoms with Crippen molar-refractivity contribution < 1.29 is 23.9 Å². The minimum absolute atomic E-state index is 0.0935. The number of ether oxygens (including phenoxy) is 1. The van der Waals surface area contributed by atoms with Crippen molar-refractivity contribution in [3.63, 3.8) is 0 Å². The predicted octanol–water partition coefficient (Wildman–Crippen LogP) is 0.846. The minimum atomic E-state index is -0.938. The molecule has 1 saturated heterocycles. The molecule has 13 heteroatoms. The molecule has 1 fully saturated rings. The highest BCUT2D eigenvalue weighted by Gasteiger charge is 2.33. The molecule has 0 saturated carbocycles. The van der Waals surface area contributed by atoms with Gasteiger partial charge in [0.25, 0.3) is 5.56 Å². The molecular formula is C21H37N6O6Si. The SMILES string of the molecule is Cc1cc(=O)[nH]c(NC(=O)NCCCCCCNC(=O)N[C@H]2CO[C@H](CO)[C@@H](O[Si](C)C)C2)n1. The van der Waals surface area contributed by atoms with E-state index in [-0.39, 0.29) is 42.4 Å². The molecule has 2 rings (SSSR count). The van der Waals surface area contributed by atoms with Crippen molar-refractivity contribution in [2.45, 2.75) is 70.4 Å². The Kier molecular flexibility index (Phi) is 12.0. The van der Waals surface area contributed by atoms with E-state index in [1.165, 1.54) is 6.07 Å². The van der Waals surface area contributed by atoms with E-state index in [1.807, 2.05) is 13.1 Å². The van der Waals surface area contributed by atoms with Gasteiger partial charge in [0.2, 0.25) is 15.0 Å². The Hall–Kier alpha value is -2.48. The number of aryl methyl sites for hydroxylation is 1. The Morgan fingerprint density at radius 3 is 2.50 bits per heavy atom. The molecular weight excluding hydrogens is 460 g/mol. The standard InChI is InChI=1S/C21H37N6O6Si/c1-14-10-18(29)26-19(24-14)27-21(31)23-9-7-5-4-6-8-22-20(30)25-15-11-16(33-34(2)3)17(12-28)32-13-15/h10,15-17,28H,4-9,11-13H2,1-3H3,(H2,22,25,30)(H3,23,24,26,27,29,31)/t15-,16+,17-/m1/s1. The third-order valence-corrected chi connectivity index (χ3v) is 5.90. The van der Waals surface area contributed by atoms with Crippen LogP contribution in [0.1, 0.15) is 37.8 Å². The topological polar surface area (TPSA) is 167 Å². The van der Waals surface area contributed by atoms with Gasteiger partial charge in [-0.1, -0.05) is 12.8 Å². The Morgan fingerprint density at radius 1 is 1.21 bits per heavy atom. The molecule has 0 aliphatic carbocycles. The van der Waals surface area contributed by atoms with Crippen molar-refractivity contribution in [3.05, 3.63) is 22.1 Å². The molecule has 12 nitrogen and oxygen atoms in total. The summed E-state index contributed by atoms with van der Waals surface area (Å²) in [5, 5.41) is 20.4. The van der Waals surface area contributed by atoms with E-state index in [0.717, 1.165) is 25.7 Å². The maximum Gasteiger partial charge on any atom is 0.321 e. The number of aromatic amines is 1. The molecule has 0 unspecified atom stereocenters. The number of carbonyl (C=O) groups is 2. The van der Waals surface area contributed by atoms with Gasteiger partial charge in [0, 0.05) is 24.8 Å². The van der Waals surface area contributed by atoms with Crippen molar-refractivity contribution in [1.82, 2.24) is 25.9 Å². The average Bonchev–Trinajstić information content (AvgIpc) is 2.74. The van der Waals surface area contributed by atoms with Gasteiger partial charge in [-0.05, 0) is 39.3 Å². The number of nitrogens with zero attached hydrogens (tertiary/aromatic N) is 1. The molecule has 2 heterocycles. The molecule has 1 aromatic rings. The van der Waals surface area contributed by atoms with Crippen molar-refractivity contribution in [2.24, 2.45) is 0 Å². The number of unbranched alkanes of at least 4 members (excludes halogenated alkanes) is 3. The Labute approximate surface area is 201 Å². The summed E-state index contributed by atoms with van der Waals surface area (Å²) < 4.78 is 11.5. The maximum atomic E-state index is 12.2. The lowest BCUT2D eigenvalue weighted by Gasteiger charge is -2.36. The summed E-state index contributed by atoms with van der Waals surface area (Å²) in [5.41, 5.74) is 0.201. The van der Waals surface area contributed by atoms with Crippen LogP contribution < -0.4 is 26.8 Å². The Balaban J connectivity index is 1.51. The summed E-state index contributed by atoms with van der Waals surface area (Å²) in [6.45, 7) is 7.03. The summed E-state index contributed by atoms with van der Waals surface area (Å²) in [5.74, 6) is 0.115. The molecule has 1 aromatic heterocycles. The van der Waals surface area contributed by atoms with E-state index >= 15 is 0 Å². The number of urea groups is 2. The number of hydrogen-bond donors (Lipinski definition) is 6. The fourth-order valence-electron chi connectivity index (χ4n) is 3.58. The monoisotopic (exact) mass is 497 g/mol. The van der Waals surface area contributed by atoms with Crippen LogP contribution in [0.15, 0.2) is 10.9 Å². The molecule has 3 atom stereocenters. The second kappa shape index (κ2) is 14.7. The first-order chi connectivity index (χ1) is 16.3. The molecule has 34 heavy (non-hydrogen) atoms. The number of nitrogens with one attached hydrogen (secondary N) is 5. The second-order valence-corrected chi connectivity index (χ2v) is 10.5. The zero-order valence-electron chi connectivity index (χ0n) is 20.1. The average molecular weight is 498 g/mol. The molecule has 0 bridgehead atoms. The zero-order valence-corrected chi connectivity index (χ0v) is 21.1. The Bertz CT molecular complexity index is 838. The van der Waals surface area contributed by atoms with Crippen LogP contribution >= 0.6 is 0 Å². The number of carbonyl (C=O) groups excluding carboxylic acids is 2. The number of aliphatic hydroxyl groups excluding tert-OH is 1. The van der Waals surface area contributed by atoms with Gasteiger partial charge in [-0.15, -0.1) is 0 Å². The van der Waals surface area contributed by atoms with E-state index in [4.69, 9.17) is 9.16 Å². The Morgan fingerprint density at radius 2 is 1.88 bits per heavy atom. The first-order valence-corrected chi connectivity index (χ1v) is 14.0. The van der Waals surface area contributed by atoms with Crippen molar-refractivity contribution in [2.75, 3.05) is 31.6 Å². The van der Waals surface area contributed by atoms with Crippen LogP contribution in [0.25, 0.3) is 0 Å². The summed E-state index contributed by atoms with van der Waals surface area (Å²) in [6, 6.07) is 0.527. The normalized spacial score (nSPS) is 20.1. The van der Waals surface area contributed by atoms with E-state index < -0.39 is 15.1 Å². The highest BCUT2D eigenvalue weighted by molar-refractivity contribution is 6.48. The highest BCUT2D eigenvalue weighted by atomic mass is 28.3. The van der Waals surface area contributed by atoms with E-state index in [2.05, 4.69) is 31.2 Å². The first kappa shape index (κ1) is 27.8. The lowest BCUT2D eigenvalue weighted by molar-refractivity contribution is -0.0957. The van der Waals surface area contributed by atoms with E-state index in [1.54, 1.807) is 6.92 Å². The third-order valence-electron chi connectivity index (χ3n) is 5.12. The maximum absolute atomic E-state index is 12.2. The summed E-state index contributed by atoms with van der Waals surface area (Å²) >= 11 is 0. The number of amides is 4. The molecule has 1 radical (unpaired) electrons. The van der Waals surface area contributed by atoms with E-state index in [9.17, 15) is 19.5 Å². The van der Waals surface area contributed by atoms with Crippen molar-refractivity contribution in [1.29, 1.82) is 0 Å². The van der Waals surface area contributed by atoms with Gasteiger partial charge in [0.1, 0.15) is 6.10 Å². The van der Waals surface area contributed by atoms with Gasteiger partial charge >= 0.3 is 12.1 Å². The summed E-state index contributed by atoms with van der Waals surface area (Å²) in [4.78, 5) is 41.9. The lowest BCUT2D eigenvalue weighted by Crippen LogP contribution is -2.53. The van der Waals surface area contributed by atoms with Crippen molar-refractivity contribution in [3.8, 4) is 0 Å². The largest absolute Gasteiger partial charge is 0.411 e. The molecule has 191 valence electrons. The number of aromatic nitrogens is 2. The predicted molar refractivity (Wildman–Crippen MR) is 129 cm³/mol. The van der Waals surface area contributed by atoms with E-state index in [0.29, 0.717) is 31.8 Å². The van der Waals surface area contributed by atoms with Gasteiger partial charge in [-0.25, -0.2) is 14.6 Å². The quantitative estimate of drug-likeness (QED) is 0.184. The number of anilines is 1.